The number of nitrogens with one attached hydrogen (secondary N) is 1. The second kappa shape index (κ2) is 7.51. The van der Waals surface area contributed by atoms with Crippen LogP contribution in [0.1, 0.15) is 23.5 Å². The third kappa shape index (κ3) is 3.85. The van der Waals surface area contributed by atoms with Gasteiger partial charge in [0.15, 0.2) is 11.5 Å². The quantitative estimate of drug-likeness (QED) is 0.907. The average Bonchev–Trinajstić information content (AvgIpc) is 3.10. The molecule has 120 valence electrons. The lowest BCUT2D eigenvalue weighted by molar-refractivity contribution is -0.0322. The number of ether oxygens (including phenoxy) is 1. The molecule has 2 unspecified atom stereocenters. The zero-order valence-corrected chi connectivity index (χ0v) is 13.8. The minimum absolute atomic E-state index is 0.231. The number of rotatable bonds is 5. The van der Waals surface area contributed by atoms with E-state index in [1.54, 1.807) is 17.5 Å². The Kier molecular flexibility index (Phi) is 5.18. The van der Waals surface area contributed by atoms with Crippen LogP contribution in [0.25, 0.3) is 0 Å². The highest BCUT2D eigenvalue weighted by Crippen LogP contribution is 2.27. The molecule has 7 heteroatoms. The summed E-state index contributed by atoms with van der Waals surface area (Å²) >= 11 is 1.75. The Balaban J connectivity index is 1.75. The highest BCUT2D eigenvalue weighted by atomic mass is 32.1. The Hall–Kier alpha value is -2.01. The summed E-state index contributed by atoms with van der Waals surface area (Å²) in [7, 11) is 0. The van der Waals surface area contributed by atoms with Crippen LogP contribution in [0.4, 0.5) is 5.82 Å². The molecule has 1 aliphatic rings. The Morgan fingerprint density at radius 2 is 2.39 bits per heavy atom. The van der Waals surface area contributed by atoms with Gasteiger partial charge in [-0.05, 0) is 18.4 Å². The van der Waals surface area contributed by atoms with Crippen LogP contribution in [-0.4, -0.2) is 47.2 Å². The first-order chi connectivity index (χ1) is 11.3. The summed E-state index contributed by atoms with van der Waals surface area (Å²) in [5.74, 6) is 0.540. The maximum atomic E-state index is 9.13. The molecule has 2 atom stereocenters. The molecule has 0 spiro atoms. The number of morpholine rings is 1. The van der Waals surface area contributed by atoms with Crippen molar-refractivity contribution in [3.8, 4) is 6.07 Å². The molecule has 0 aliphatic carbocycles. The van der Waals surface area contributed by atoms with Gasteiger partial charge in [0.25, 0.3) is 0 Å². The van der Waals surface area contributed by atoms with Crippen LogP contribution in [0.15, 0.2) is 29.9 Å². The third-order valence-electron chi connectivity index (χ3n) is 3.85. The Morgan fingerprint density at radius 1 is 1.52 bits per heavy atom. The summed E-state index contributed by atoms with van der Waals surface area (Å²) in [6.07, 6.45) is 3.36. The maximum Gasteiger partial charge on any atom is 0.182 e. The van der Waals surface area contributed by atoms with E-state index in [4.69, 9.17) is 10.00 Å². The molecule has 3 rings (SSSR count). The van der Waals surface area contributed by atoms with Crippen molar-refractivity contribution in [2.45, 2.75) is 19.1 Å². The number of hydrogen-bond acceptors (Lipinski definition) is 7. The van der Waals surface area contributed by atoms with E-state index in [2.05, 4.69) is 50.7 Å². The Bertz CT molecular complexity index is 669. The minimum atomic E-state index is 0.231. The van der Waals surface area contributed by atoms with E-state index in [0.717, 1.165) is 19.7 Å². The minimum Gasteiger partial charge on any atom is -0.376 e. The van der Waals surface area contributed by atoms with Gasteiger partial charge in [-0.2, -0.15) is 5.26 Å². The van der Waals surface area contributed by atoms with E-state index in [-0.39, 0.29) is 12.1 Å². The fourth-order valence-corrected chi connectivity index (χ4v) is 3.62. The number of nitriles is 1. The molecule has 0 aromatic carbocycles. The van der Waals surface area contributed by atoms with Crippen molar-refractivity contribution < 1.29 is 4.74 Å². The van der Waals surface area contributed by atoms with Crippen molar-refractivity contribution in [2.75, 3.05) is 31.6 Å². The van der Waals surface area contributed by atoms with E-state index in [1.807, 2.05) is 0 Å². The normalized spacial score (nSPS) is 19.9. The molecule has 0 bridgehead atoms. The molecule has 1 N–H and O–H groups in total. The Morgan fingerprint density at radius 3 is 3.13 bits per heavy atom. The zero-order valence-electron chi connectivity index (χ0n) is 13.0. The van der Waals surface area contributed by atoms with Crippen molar-refractivity contribution >= 4 is 17.2 Å². The van der Waals surface area contributed by atoms with E-state index < -0.39 is 0 Å². The molecule has 0 saturated carbocycles. The highest BCUT2D eigenvalue weighted by molar-refractivity contribution is 7.10. The summed E-state index contributed by atoms with van der Waals surface area (Å²) in [4.78, 5) is 12.0. The lowest BCUT2D eigenvalue weighted by atomic mass is 10.1. The van der Waals surface area contributed by atoms with E-state index in [9.17, 15) is 0 Å². The molecule has 2 aromatic heterocycles. The molecular weight excluding hydrogens is 310 g/mol. The van der Waals surface area contributed by atoms with Crippen molar-refractivity contribution in [2.24, 2.45) is 0 Å². The third-order valence-corrected chi connectivity index (χ3v) is 4.83. The largest absolute Gasteiger partial charge is 0.376 e. The lowest BCUT2D eigenvalue weighted by Gasteiger charge is -2.37. The summed E-state index contributed by atoms with van der Waals surface area (Å²) in [5.41, 5.74) is 0.327. The molecule has 23 heavy (non-hydrogen) atoms. The molecular formula is C16H19N5OS. The highest BCUT2D eigenvalue weighted by Gasteiger charge is 2.26. The van der Waals surface area contributed by atoms with E-state index in [0.29, 0.717) is 18.1 Å². The number of thiophene rings is 1. The van der Waals surface area contributed by atoms with E-state index >= 15 is 0 Å². The summed E-state index contributed by atoms with van der Waals surface area (Å²) < 4.78 is 5.65. The van der Waals surface area contributed by atoms with Gasteiger partial charge in [-0.1, -0.05) is 6.07 Å². The van der Waals surface area contributed by atoms with Crippen molar-refractivity contribution in [1.82, 2.24) is 14.9 Å². The van der Waals surface area contributed by atoms with Crippen LogP contribution < -0.4 is 5.32 Å². The van der Waals surface area contributed by atoms with Crippen LogP contribution in [0.2, 0.25) is 0 Å². The summed E-state index contributed by atoms with van der Waals surface area (Å²) in [5, 5.41) is 14.5. The van der Waals surface area contributed by atoms with Crippen LogP contribution in [0.3, 0.4) is 0 Å². The van der Waals surface area contributed by atoms with Gasteiger partial charge in [0.05, 0.1) is 18.8 Å². The predicted molar refractivity (Wildman–Crippen MR) is 89.3 cm³/mol. The van der Waals surface area contributed by atoms with Crippen LogP contribution in [0.5, 0.6) is 0 Å². The van der Waals surface area contributed by atoms with Gasteiger partial charge in [0, 0.05) is 36.9 Å². The Labute approximate surface area is 139 Å². The van der Waals surface area contributed by atoms with Gasteiger partial charge in [0.2, 0.25) is 0 Å². The van der Waals surface area contributed by atoms with Gasteiger partial charge in [-0.3, -0.25) is 4.90 Å². The second-order valence-corrected chi connectivity index (χ2v) is 6.43. The van der Waals surface area contributed by atoms with Crippen LogP contribution in [0, 0.1) is 11.3 Å². The van der Waals surface area contributed by atoms with Crippen LogP contribution in [-0.2, 0) is 4.74 Å². The molecule has 0 amide bonds. The van der Waals surface area contributed by atoms with Gasteiger partial charge in [-0.25, -0.2) is 9.97 Å². The monoisotopic (exact) mass is 329 g/mol. The maximum absolute atomic E-state index is 9.13. The number of nitrogens with zero attached hydrogens (tertiary/aromatic N) is 4. The van der Waals surface area contributed by atoms with Crippen molar-refractivity contribution in [3.05, 3.63) is 40.5 Å². The molecule has 1 fully saturated rings. The first-order valence-electron chi connectivity index (χ1n) is 7.62. The fraction of sp³-hybridized carbons (Fsp3) is 0.438. The molecule has 1 saturated heterocycles. The topological polar surface area (TPSA) is 74.1 Å². The summed E-state index contributed by atoms with van der Waals surface area (Å²) in [6.45, 7) is 5.33. The number of hydrogen-bond donors (Lipinski definition) is 1. The molecule has 0 radical (unpaired) electrons. The molecule has 2 aromatic rings. The molecule has 1 aliphatic heterocycles. The fourth-order valence-electron chi connectivity index (χ4n) is 2.76. The van der Waals surface area contributed by atoms with Gasteiger partial charge in [0.1, 0.15) is 6.07 Å². The standard InChI is InChI=1S/C16H19N5OS/c1-12-11-21(6-7-22-12)14(15-3-2-8-23-15)10-20-16-13(9-17)18-4-5-19-16/h2-5,8,12,14H,6-7,10-11H2,1H3,(H,19,20). The first kappa shape index (κ1) is 15.9. The molecule has 3 heterocycles. The lowest BCUT2D eigenvalue weighted by Crippen LogP contribution is -2.44. The SMILES string of the molecule is CC1CN(C(CNc2nccnc2C#N)c2cccs2)CCO1. The predicted octanol–water partition coefficient (Wildman–Crippen LogP) is 2.28. The first-order valence-corrected chi connectivity index (χ1v) is 8.50. The van der Waals surface area contributed by atoms with Gasteiger partial charge in [-0.15, -0.1) is 11.3 Å². The average molecular weight is 329 g/mol. The number of aromatic nitrogens is 2. The van der Waals surface area contributed by atoms with Crippen molar-refractivity contribution in [1.29, 1.82) is 5.26 Å². The molecule has 6 nitrogen and oxygen atoms in total. The van der Waals surface area contributed by atoms with Crippen molar-refractivity contribution in [3.63, 3.8) is 0 Å². The summed E-state index contributed by atoms with van der Waals surface area (Å²) in [6, 6.07) is 6.53. The van der Waals surface area contributed by atoms with Crippen LogP contribution >= 0.6 is 11.3 Å². The zero-order chi connectivity index (χ0) is 16.1. The smallest absolute Gasteiger partial charge is 0.182 e. The number of anilines is 1. The second-order valence-electron chi connectivity index (χ2n) is 5.45. The van der Waals surface area contributed by atoms with Gasteiger partial charge >= 0.3 is 0 Å². The van der Waals surface area contributed by atoms with E-state index in [1.165, 1.54) is 11.1 Å². The van der Waals surface area contributed by atoms with Gasteiger partial charge < -0.3 is 10.1 Å².